The maximum Gasteiger partial charge on any atom is 0.160 e. The van der Waals surface area contributed by atoms with Gasteiger partial charge in [0.25, 0.3) is 0 Å². The first kappa shape index (κ1) is 17.3. The van der Waals surface area contributed by atoms with Crippen molar-refractivity contribution >= 4 is 21.7 Å². The van der Waals surface area contributed by atoms with Gasteiger partial charge in [-0.25, -0.2) is 9.97 Å². The average molecular weight is 491 g/mol. The lowest BCUT2D eigenvalue weighted by atomic mass is 9.93. The van der Waals surface area contributed by atoms with Gasteiger partial charge < -0.3 is 0 Å². The van der Waals surface area contributed by atoms with Gasteiger partial charge in [-0.3, -0.25) is 4.98 Å². The van der Waals surface area contributed by atoms with Crippen LogP contribution in [0.5, 0.6) is 0 Å². The summed E-state index contributed by atoms with van der Waals surface area (Å²) < 4.78 is 41.8. The molecule has 0 N–H and O–H groups in total. The average Bonchev–Trinajstić information content (AvgIpc) is 3.07. The largest absolute Gasteiger partial charge is 0.256 e. The molecule has 7 aromatic rings. The Labute approximate surface area is 228 Å². The molecule has 0 amide bonds. The second-order valence-electron chi connectivity index (χ2n) is 8.93. The highest BCUT2D eigenvalue weighted by atomic mass is 14.9. The van der Waals surface area contributed by atoms with Crippen LogP contribution in [0.4, 0.5) is 0 Å². The third-order valence-electron chi connectivity index (χ3n) is 6.62. The van der Waals surface area contributed by atoms with E-state index in [1.54, 1.807) is 6.20 Å². The number of rotatable bonds is 4. The predicted octanol–water partition coefficient (Wildman–Crippen LogP) is 8.85. The molecule has 0 aliphatic carbocycles. The molecule has 0 saturated carbocycles. The van der Waals surface area contributed by atoms with Crippen molar-refractivity contribution < 1.29 is 6.85 Å². The molecule has 3 nitrogen and oxygen atoms in total. The van der Waals surface area contributed by atoms with Crippen LogP contribution < -0.4 is 0 Å². The van der Waals surface area contributed by atoms with Crippen LogP contribution in [0.2, 0.25) is 0 Å². The van der Waals surface area contributed by atoms with Crippen molar-refractivity contribution in [3.05, 3.63) is 140 Å². The van der Waals surface area contributed by atoms with Crippen LogP contribution in [0.3, 0.4) is 0 Å². The van der Waals surface area contributed by atoms with Gasteiger partial charge in [0.15, 0.2) is 5.82 Å². The molecule has 5 aromatic carbocycles. The van der Waals surface area contributed by atoms with E-state index in [0.29, 0.717) is 11.2 Å². The summed E-state index contributed by atoms with van der Waals surface area (Å²) in [5, 5.41) is 2.61. The Morgan fingerprint density at radius 2 is 1.21 bits per heavy atom. The number of benzene rings is 5. The molecule has 3 heteroatoms. The molecule has 0 aliphatic heterocycles. The van der Waals surface area contributed by atoms with Crippen molar-refractivity contribution in [3.63, 3.8) is 0 Å². The highest BCUT2D eigenvalue weighted by molar-refractivity contribution is 6.15. The lowest BCUT2D eigenvalue weighted by Gasteiger charge is -2.15. The van der Waals surface area contributed by atoms with E-state index in [1.165, 1.54) is 0 Å². The zero-order valence-electron chi connectivity index (χ0n) is 25.2. The molecule has 38 heavy (non-hydrogen) atoms. The molecule has 2 heterocycles. The minimum Gasteiger partial charge on any atom is -0.256 e. The molecule has 0 atom stereocenters. The molecule has 0 aliphatic rings. The molecule has 0 fully saturated rings. The summed E-state index contributed by atoms with van der Waals surface area (Å²) >= 11 is 0. The Bertz CT molecular complexity index is 2140. The van der Waals surface area contributed by atoms with Crippen LogP contribution in [-0.2, 0) is 0 Å². The van der Waals surface area contributed by atoms with E-state index in [0.717, 1.165) is 44.1 Å². The Kier molecular flexibility index (Phi) is 4.28. The zero-order chi connectivity index (χ0) is 29.7. The van der Waals surface area contributed by atoms with E-state index in [9.17, 15) is 0 Å². The van der Waals surface area contributed by atoms with Gasteiger partial charge in [-0.15, -0.1) is 0 Å². The van der Waals surface area contributed by atoms with E-state index >= 15 is 0 Å². The highest BCUT2D eigenvalue weighted by Crippen LogP contribution is 2.38. The summed E-state index contributed by atoms with van der Waals surface area (Å²) in [7, 11) is 0. The predicted molar refractivity (Wildman–Crippen MR) is 157 cm³/mol. The monoisotopic (exact) mass is 490 g/mol. The number of fused-ring (bicyclic) bond motifs is 3. The van der Waals surface area contributed by atoms with Crippen molar-refractivity contribution in [3.8, 4) is 45.0 Å². The van der Waals surface area contributed by atoms with Crippen molar-refractivity contribution in [2.75, 3.05) is 0 Å². The normalized spacial score (nSPS) is 13.0. The first-order chi connectivity index (χ1) is 20.9. The van der Waals surface area contributed by atoms with Crippen LogP contribution in [-0.4, -0.2) is 15.0 Å². The summed E-state index contributed by atoms with van der Waals surface area (Å²) in [5.41, 5.74) is 5.70. The van der Waals surface area contributed by atoms with Gasteiger partial charge in [-0.2, -0.15) is 0 Å². The van der Waals surface area contributed by atoms with Gasteiger partial charge in [0, 0.05) is 33.7 Å². The molecule has 178 valence electrons. The van der Waals surface area contributed by atoms with Gasteiger partial charge in [-0.05, 0) is 34.7 Å². The quantitative estimate of drug-likeness (QED) is 0.231. The molecule has 0 spiro atoms. The Morgan fingerprint density at radius 3 is 1.92 bits per heavy atom. The standard InChI is InChI=1S/C35H23N3/c1-4-12-24(13-5-1)30-22-31-33(27-20-21-32(36-23-27)25-14-6-2-7-15-25)37-35(26-16-8-3-9-17-26)38-34(31)29-19-11-10-18-28(29)30/h1-23H/i3D,8D,9D,16D,17D. The summed E-state index contributed by atoms with van der Waals surface area (Å²) in [5.74, 6) is 0.0595. The first-order valence-corrected chi connectivity index (χ1v) is 12.3. The molecule has 0 saturated heterocycles. The van der Waals surface area contributed by atoms with Gasteiger partial charge in [0.2, 0.25) is 0 Å². The van der Waals surface area contributed by atoms with Crippen LogP contribution in [0.25, 0.3) is 66.7 Å². The minimum atomic E-state index is -0.460. The van der Waals surface area contributed by atoms with E-state index in [4.69, 9.17) is 21.8 Å². The van der Waals surface area contributed by atoms with Crippen molar-refractivity contribution in [1.82, 2.24) is 15.0 Å². The van der Waals surface area contributed by atoms with Crippen molar-refractivity contribution in [1.29, 1.82) is 0 Å². The summed E-state index contributed by atoms with van der Waals surface area (Å²) in [6, 6.07) is 31.9. The van der Waals surface area contributed by atoms with E-state index in [2.05, 4.69) is 18.2 Å². The number of pyridine rings is 1. The summed E-state index contributed by atoms with van der Waals surface area (Å²) in [6.45, 7) is 0. The Hall–Kier alpha value is -5.15. The van der Waals surface area contributed by atoms with Crippen LogP contribution >= 0.6 is 0 Å². The van der Waals surface area contributed by atoms with E-state index < -0.39 is 18.1 Å². The summed E-state index contributed by atoms with van der Waals surface area (Å²) in [6.07, 6.45) is 1.76. The van der Waals surface area contributed by atoms with Gasteiger partial charge in [-0.1, -0.05) is 115 Å². The van der Waals surface area contributed by atoms with Crippen molar-refractivity contribution in [2.45, 2.75) is 0 Å². The fourth-order valence-electron chi connectivity index (χ4n) is 4.82. The maximum absolute atomic E-state index is 8.62. The molecular weight excluding hydrogens is 462 g/mol. The molecule has 0 unspecified atom stereocenters. The maximum atomic E-state index is 8.62. The van der Waals surface area contributed by atoms with Gasteiger partial charge >= 0.3 is 0 Å². The molecular formula is C35H23N3. The molecule has 0 bridgehead atoms. The van der Waals surface area contributed by atoms with Crippen LogP contribution in [0, 0.1) is 0 Å². The third kappa shape index (κ3) is 3.91. The fourth-order valence-corrected chi connectivity index (χ4v) is 4.82. The van der Waals surface area contributed by atoms with Crippen LogP contribution in [0.15, 0.2) is 140 Å². The number of nitrogens with zero attached hydrogens (tertiary/aromatic N) is 3. The first-order valence-electron chi connectivity index (χ1n) is 14.8. The van der Waals surface area contributed by atoms with Crippen LogP contribution in [0.1, 0.15) is 6.85 Å². The lowest BCUT2D eigenvalue weighted by molar-refractivity contribution is 1.22. The van der Waals surface area contributed by atoms with E-state index in [-0.39, 0.29) is 23.5 Å². The second kappa shape index (κ2) is 9.38. The second-order valence-corrected chi connectivity index (χ2v) is 8.93. The number of aromatic nitrogens is 3. The minimum absolute atomic E-state index is 0.0424. The van der Waals surface area contributed by atoms with Crippen molar-refractivity contribution in [2.24, 2.45) is 0 Å². The number of hydrogen-bond donors (Lipinski definition) is 0. The SMILES string of the molecule is [2H]c1c([2H])c([2H])c(-c2nc(-c3ccc(-c4ccccc4)nc3)c3cc(-c4ccccc4)c4ccccc4c3n2)c([2H])c1[2H]. The smallest absolute Gasteiger partial charge is 0.160 e. The third-order valence-corrected chi connectivity index (χ3v) is 6.62. The lowest BCUT2D eigenvalue weighted by Crippen LogP contribution is -1.97. The molecule has 0 radical (unpaired) electrons. The Balaban J connectivity index is 1.57. The molecule has 2 aromatic heterocycles. The van der Waals surface area contributed by atoms with E-state index in [1.807, 2.05) is 84.9 Å². The topological polar surface area (TPSA) is 38.7 Å². The molecule has 7 rings (SSSR count). The number of hydrogen-bond acceptors (Lipinski definition) is 3. The zero-order valence-corrected chi connectivity index (χ0v) is 20.2. The highest BCUT2D eigenvalue weighted by Gasteiger charge is 2.17. The Morgan fingerprint density at radius 1 is 0.526 bits per heavy atom. The summed E-state index contributed by atoms with van der Waals surface area (Å²) in [4.78, 5) is 14.5. The van der Waals surface area contributed by atoms with Gasteiger partial charge in [0.05, 0.1) is 23.8 Å². The van der Waals surface area contributed by atoms with Gasteiger partial charge in [0.1, 0.15) is 0 Å². The fraction of sp³-hybridized carbons (Fsp3) is 0.